The highest BCUT2D eigenvalue weighted by atomic mass is 19.3. The molecule has 1 heterocycles. The van der Waals surface area contributed by atoms with Crippen LogP contribution in [0.2, 0.25) is 0 Å². The number of amidine groups is 1. The molecule has 0 radical (unpaired) electrons. The van der Waals surface area contributed by atoms with Gasteiger partial charge in [0, 0.05) is 17.2 Å². The van der Waals surface area contributed by atoms with Crippen molar-refractivity contribution >= 4 is 11.7 Å². The predicted molar refractivity (Wildman–Crippen MR) is 81.5 cm³/mol. The summed E-state index contributed by atoms with van der Waals surface area (Å²) in [5.41, 5.74) is 10.2. The van der Waals surface area contributed by atoms with Gasteiger partial charge in [-0.05, 0) is 38.0 Å². The number of benzene rings is 1. The second-order valence-electron chi connectivity index (χ2n) is 6.62. The van der Waals surface area contributed by atoms with Crippen molar-refractivity contribution < 1.29 is 17.9 Å². The average molecular weight is 327 g/mol. The fourth-order valence-electron chi connectivity index (χ4n) is 3.83. The molecule has 1 unspecified atom stereocenters. The van der Waals surface area contributed by atoms with Gasteiger partial charge in [0.15, 0.2) is 0 Å². The Balaban J connectivity index is 2.21. The Labute approximate surface area is 132 Å². The van der Waals surface area contributed by atoms with E-state index in [-0.39, 0.29) is 17.3 Å². The summed E-state index contributed by atoms with van der Waals surface area (Å²) in [6, 6.07) is 3.70. The Kier molecular flexibility index (Phi) is 3.50. The summed E-state index contributed by atoms with van der Waals surface area (Å²) in [5.74, 6) is -5.83. The van der Waals surface area contributed by atoms with E-state index in [1.54, 1.807) is 0 Å². The van der Waals surface area contributed by atoms with Gasteiger partial charge in [0.1, 0.15) is 17.5 Å². The molecule has 0 aromatic heterocycles. The highest BCUT2D eigenvalue weighted by Gasteiger charge is 2.62. The normalized spacial score (nSPS) is 35.9. The molecule has 4 nitrogen and oxygen atoms in total. The maximum atomic E-state index is 14.9. The molecule has 1 aliphatic carbocycles. The molecular weight excluding hydrogens is 307 g/mol. The summed E-state index contributed by atoms with van der Waals surface area (Å²) in [5, 5.41) is 0. The van der Waals surface area contributed by atoms with Gasteiger partial charge in [0.05, 0.1) is 5.92 Å². The summed E-state index contributed by atoms with van der Waals surface area (Å²) >= 11 is 0. The number of halogens is 3. The summed E-state index contributed by atoms with van der Waals surface area (Å²) in [6.45, 7) is 2.97. The lowest BCUT2D eigenvalue weighted by atomic mass is 9.65. The molecule has 0 spiro atoms. The minimum absolute atomic E-state index is 0.0209. The molecule has 126 valence electrons. The van der Waals surface area contributed by atoms with Gasteiger partial charge < -0.3 is 16.2 Å². The highest BCUT2D eigenvalue weighted by Crippen LogP contribution is 2.55. The van der Waals surface area contributed by atoms with E-state index in [4.69, 9.17) is 16.2 Å². The van der Waals surface area contributed by atoms with Crippen LogP contribution in [0.3, 0.4) is 0 Å². The number of hydrogen-bond acceptors (Lipinski definition) is 4. The van der Waals surface area contributed by atoms with Crippen molar-refractivity contribution in [3.63, 3.8) is 0 Å². The van der Waals surface area contributed by atoms with Gasteiger partial charge in [-0.25, -0.2) is 18.2 Å². The molecule has 1 saturated carbocycles. The van der Waals surface area contributed by atoms with Crippen LogP contribution in [-0.4, -0.2) is 18.0 Å². The largest absolute Gasteiger partial charge is 0.461 e. The maximum Gasteiger partial charge on any atom is 0.283 e. The number of anilines is 1. The van der Waals surface area contributed by atoms with Crippen LogP contribution >= 0.6 is 0 Å². The zero-order chi connectivity index (χ0) is 17.0. The van der Waals surface area contributed by atoms with Crippen LogP contribution in [0.15, 0.2) is 23.2 Å². The van der Waals surface area contributed by atoms with Gasteiger partial charge in [-0.15, -0.1) is 0 Å². The van der Waals surface area contributed by atoms with Crippen molar-refractivity contribution in [3.8, 4) is 0 Å². The van der Waals surface area contributed by atoms with Gasteiger partial charge in [0.25, 0.3) is 11.9 Å². The monoisotopic (exact) mass is 327 g/mol. The van der Waals surface area contributed by atoms with E-state index < -0.39 is 35.2 Å². The number of alkyl halides is 2. The van der Waals surface area contributed by atoms with Crippen molar-refractivity contribution in [3.05, 3.63) is 29.6 Å². The third-order valence-electron chi connectivity index (χ3n) is 5.08. The summed E-state index contributed by atoms with van der Waals surface area (Å²) < 4.78 is 49.6. The summed E-state index contributed by atoms with van der Waals surface area (Å²) in [7, 11) is 0. The van der Waals surface area contributed by atoms with Gasteiger partial charge in [-0.1, -0.05) is 6.92 Å². The second kappa shape index (κ2) is 5.04. The molecule has 0 amide bonds. The number of ether oxygens (including phenoxy) is 1. The van der Waals surface area contributed by atoms with Crippen molar-refractivity contribution in [1.82, 2.24) is 0 Å². The Hall–Kier alpha value is -1.92. The van der Waals surface area contributed by atoms with E-state index >= 15 is 0 Å². The first-order valence-electron chi connectivity index (χ1n) is 7.61. The van der Waals surface area contributed by atoms with Gasteiger partial charge in [-0.2, -0.15) is 0 Å². The molecule has 1 fully saturated rings. The molecule has 3 rings (SSSR count). The minimum atomic E-state index is -3.06. The van der Waals surface area contributed by atoms with Crippen molar-refractivity contribution in [1.29, 1.82) is 0 Å². The first kappa shape index (κ1) is 16.0. The fourth-order valence-corrected chi connectivity index (χ4v) is 3.83. The van der Waals surface area contributed by atoms with E-state index in [9.17, 15) is 13.2 Å². The van der Waals surface area contributed by atoms with Crippen LogP contribution in [0.5, 0.6) is 0 Å². The maximum absolute atomic E-state index is 14.9. The number of aliphatic imine (C=N–C) groups is 1. The minimum Gasteiger partial charge on any atom is -0.461 e. The molecule has 1 aromatic carbocycles. The molecule has 2 aliphatic rings. The fraction of sp³-hybridized carbons (Fsp3) is 0.562. The Morgan fingerprint density at radius 2 is 1.96 bits per heavy atom. The number of rotatable bonds is 1. The SMILES string of the molecule is CC1CC[C@H]2OC(N)=N[C@](C)(c3cc(N)ccc3F)[C@H]2C1(F)F. The lowest BCUT2D eigenvalue weighted by molar-refractivity contribution is -0.192. The highest BCUT2D eigenvalue weighted by molar-refractivity contribution is 5.73. The molecule has 4 N–H and O–H groups in total. The van der Waals surface area contributed by atoms with Crippen molar-refractivity contribution in [2.24, 2.45) is 22.6 Å². The number of nitrogens with zero attached hydrogens (tertiary/aromatic N) is 1. The molecule has 4 atom stereocenters. The van der Waals surface area contributed by atoms with E-state index in [0.717, 1.165) is 6.07 Å². The number of hydrogen-bond donors (Lipinski definition) is 2. The van der Waals surface area contributed by atoms with Gasteiger partial charge in [0.2, 0.25) is 0 Å². The molecule has 1 aromatic rings. The lowest BCUT2D eigenvalue weighted by Crippen LogP contribution is -2.59. The zero-order valence-corrected chi connectivity index (χ0v) is 13.0. The van der Waals surface area contributed by atoms with Crippen LogP contribution < -0.4 is 11.5 Å². The predicted octanol–water partition coefficient (Wildman–Crippen LogP) is 3.02. The van der Waals surface area contributed by atoms with E-state index in [1.807, 2.05) is 0 Å². The Morgan fingerprint density at radius 3 is 2.65 bits per heavy atom. The Morgan fingerprint density at radius 1 is 1.26 bits per heavy atom. The van der Waals surface area contributed by atoms with Crippen molar-refractivity contribution in [2.75, 3.05) is 5.73 Å². The number of fused-ring (bicyclic) bond motifs is 1. The van der Waals surface area contributed by atoms with Crippen LogP contribution in [0.25, 0.3) is 0 Å². The topological polar surface area (TPSA) is 73.6 Å². The number of nitrogens with two attached hydrogens (primary N) is 2. The first-order chi connectivity index (χ1) is 10.7. The molecule has 0 bridgehead atoms. The Bertz CT molecular complexity index is 664. The third-order valence-corrected chi connectivity index (χ3v) is 5.08. The smallest absolute Gasteiger partial charge is 0.283 e. The first-order valence-corrected chi connectivity index (χ1v) is 7.61. The molecule has 7 heteroatoms. The summed E-state index contributed by atoms with van der Waals surface area (Å²) in [4.78, 5) is 4.10. The molecular formula is C16H20F3N3O. The third kappa shape index (κ3) is 2.33. The van der Waals surface area contributed by atoms with Crippen LogP contribution in [-0.2, 0) is 10.3 Å². The van der Waals surface area contributed by atoms with E-state index in [2.05, 4.69) is 4.99 Å². The quantitative estimate of drug-likeness (QED) is 0.779. The lowest BCUT2D eigenvalue weighted by Gasteiger charge is -2.50. The van der Waals surface area contributed by atoms with E-state index in [1.165, 1.54) is 26.0 Å². The summed E-state index contributed by atoms with van der Waals surface area (Å²) in [6.07, 6.45) is -0.0572. The molecule has 0 saturated heterocycles. The van der Waals surface area contributed by atoms with Crippen molar-refractivity contribution in [2.45, 2.75) is 44.3 Å². The average Bonchev–Trinajstić information content (AvgIpc) is 2.44. The zero-order valence-electron chi connectivity index (χ0n) is 13.0. The van der Waals surface area contributed by atoms with Crippen LogP contribution in [0.1, 0.15) is 32.3 Å². The van der Waals surface area contributed by atoms with Gasteiger partial charge in [-0.3, -0.25) is 0 Å². The van der Waals surface area contributed by atoms with Crippen LogP contribution in [0, 0.1) is 17.7 Å². The molecule has 23 heavy (non-hydrogen) atoms. The number of nitrogen functional groups attached to an aromatic ring is 1. The van der Waals surface area contributed by atoms with Gasteiger partial charge >= 0.3 is 0 Å². The van der Waals surface area contributed by atoms with E-state index in [0.29, 0.717) is 12.8 Å². The second-order valence-corrected chi connectivity index (χ2v) is 6.62. The van der Waals surface area contributed by atoms with Crippen LogP contribution in [0.4, 0.5) is 18.9 Å². The standard InChI is InChI=1S/C16H20F3N3O/c1-8-3-6-12-13(16(8,18)19)15(2,22-14(21)23-12)10-7-9(20)4-5-11(10)17/h4-5,7-8,12-13H,3,6,20H2,1-2H3,(H2,21,22)/t8?,12-,13+,15-/m1/s1. The molecule has 1 aliphatic heterocycles.